The van der Waals surface area contributed by atoms with E-state index in [1.165, 1.54) is 5.56 Å². The van der Waals surface area contributed by atoms with Gasteiger partial charge < -0.3 is 5.32 Å². The maximum Gasteiger partial charge on any atom is 0.283 e. The van der Waals surface area contributed by atoms with Crippen LogP contribution in [-0.4, -0.2) is 11.8 Å². The number of amides is 2. The predicted octanol–water partition coefficient (Wildman–Crippen LogP) is 4.60. The Kier molecular flexibility index (Phi) is 5.15. The summed E-state index contributed by atoms with van der Waals surface area (Å²) < 4.78 is 1.03. The van der Waals surface area contributed by atoms with E-state index in [1.54, 1.807) is 6.07 Å². The standard InChI is InChI=1S/C19H16ClIN2O2/c1-3-12-4-7-14(8-5-12)22-17-16(20)18(24)23(19(17)25)15-9-6-13(21)10-11(15)2/h4-10,22H,3H2,1-2H3. The summed E-state index contributed by atoms with van der Waals surface area (Å²) in [4.78, 5) is 26.4. The molecule has 0 atom stereocenters. The lowest BCUT2D eigenvalue weighted by Gasteiger charge is -2.17. The first-order chi connectivity index (χ1) is 11.9. The van der Waals surface area contributed by atoms with Gasteiger partial charge in [0, 0.05) is 9.26 Å². The number of hydrogen-bond acceptors (Lipinski definition) is 3. The summed E-state index contributed by atoms with van der Waals surface area (Å²) in [5.41, 5.74) is 3.40. The van der Waals surface area contributed by atoms with E-state index in [-0.39, 0.29) is 10.7 Å². The summed E-state index contributed by atoms with van der Waals surface area (Å²) in [5.74, 6) is -0.956. The molecule has 0 fully saturated rings. The van der Waals surface area contributed by atoms with Gasteiger partial charge in [0.15, 0.2) is 0 Å². The van der Waals surface area contributed by atoms with Crippen molar-refractivity contribution >= 4 is 57.4 Å². The second kappa shape index (κ2) is 7.17. The van der Waals surface area contributed by atoms with Crippen LogP contribution < -0.4 is 10.2 Å². The Morgan fingerprint density at radius 1 is 1.08 bits per heavy atom. The second-order valence-electron chi connectivity index (χ2n) is 5.74. The van der Waals surface area contributed by atoms with Gasteiger partial charge in [-0.15, -0.1) is 0 Å². The maximum atomic E-state index is 12.8. The van der Waals surface area contributed by atoms with Gasteiger partial charge in [-0.05, 0) is 77.4 Å². The average Bonchev–Trinajstić information content (AvgIpc) is 2.80. The normalized spacial score (nSPS) is 14.5. The molecule has 0 spiro atoms. The van der Waals surface area contributed by atoms with Gasteiger partial charge in [0.25, 0.3) is 11.8 Å². The van der Waals surface area contributed by atoms with Gasteiger partial charge >= 0.3 is 0 Å². The van der Waals surface area contributed by atoms with E-state index >= 15 is 0 Å². The summed E-state index contributed by atoms with van der Waals surface area (Å²) in [6, 6.07) is 13.2. The molecule has 1 aliphatic rings. The minimum Gasteiger partial charge on any atom is -0.350 e. The molecule has 0 bridgehead atoms. The number of nitrogens with one attached hydrogen (secondary N) is 1. The summed E-state index contributed by atoms with van der Waals surface area (Å²) in [6.45, 7) is 3.93. The number of aryl methyl sites for hydroxylation is 2. The number of rotatable bonds is 4. The zero-order valence-corrected chi connectivity index (χ0v) is 16.7. The third-order valence-corrected chi connectivity index (χ3v) is 5.08. The smallest absolute Gasteiger partial charge is 0.283 e. The van der Waals surface area contributed by atoms with Crippen LogP contribution >= 0.6 is 34.2 Å². The summed E-state index contributed by atoms with van der Waals surface area (Å²) in [6.07, 6.45) is 0.932. The Balaban J connectivity index is 1.90. The highest BCUT2D eigenvalue weighted by Crippen LogP contribution is 2.32. The van der Waals surface area contributed by atoms with Gasteiger partial charge in [0.1, 0.15) is 10.7 Å². The summed E-state index contributed by atoms with van der Waals surface area (Å²) >= 11 is 8.35. The van der Waals surface area contributed by atoms with Crippen molar-refractivity contribution < 1.29 is 9.59 Å². The molecule has 1 heterocycles. The molecule has 2 amide bonds. The molecule has 25 heavy (non-hydrogen) atoms. The van der Waals surface area contributed by atoms with Crippen LogP contribution in [0.5, 0.6) is 0 Å². The zero-order chi connectivity index (χ0) is 18.1. The van der Waals surface area contributed by atoms with E-state index in [0.29, 0.717) is 11.4 Å². The second-order valence-corrected chi connectivity index (χ2v) is 7.36. The molecule has 1 aliphatic heterocycles. The Morgan fingerprint density at radius 2 is 1.76 bits per heavy atom. The largest absolute Gasteiger partial charge is 0.350 e. The van der Waals surface area contributed by atoms with Crippen LogP contribution in [0.2, 0.25) is 0 Å². The fraction of sp³-hybridized carbons (Fsp3) is 0.158. The molecule has 3 rings (SSSR count). The molecule has 0 saturated carbocycles. The number of anilines is 2. The number of nitrogens with zero attached hydrogens (tertiary/aromatic N) is 1. The molecule has 2 aromatic rings. The predicted molar refractivity (Wildman–Crippen MR) is 109 cm³/mol. The number of hydrogen-bond donors (Lipinski definition) is 1. The van der Waals surface area contributed by atoms with Gasteiger partial charge in [-0.25, -0.2) is 4.90 Å². The van der Waals surface area contributed by atoms with Crippen LogP contribution in [0.25, 0.3) is 0 Å². The minimum absolute atomic E-state index is 0.0949. The van der Waals surface area contributed by atoms with E-state index in [1.807, 2.05) is 43.3 Å². The van der Waals surface area contributed by atoms with Crippen molar-refractivity contribution in [1.29, 1.82) is 0 Å². The molecule has 6 heteroatoms. The van der Waals surface area contributed by atoms with E-state index in [0.717, 1.165) is 20.5 Å². The fourth-order valence-electron chi connectivity index (χ4n) is 2.67. The molecule has 1 N–H and O–H groups in total. The highest BCUT2D eigenvalue weighted by atomic mass is 127. The van der Waals surface area contributed by atoms with E-state index in [4.69, 9.17) is 11.6 Å². The van der Waals surface area contributed by atoms with Crippen molar-refractivity contribution in [2.24, 2.45) is 0 Å². The van der Waals surface area contributed by atoms with Crippen LogP contribution in [0, 0.1) is 10.5 Å². The number of carbonyl (C=O) groups excluding carboxylic acids is 2. The Hall–Kier alpha value is -1.86. The number of benzene rings is 2. The van der Waals surface area contributed by atoms with E-state index in [9.17, 15) is 9.59 Å². The van der Waals surface area contributed by atoms with Crippen molar-refractivity contribution in [1.82, 2.24) is 0 Å². The van der Waals surface area contributed by atoms with Crippen LogP contribution in [-0.2, 0) is 16.0 Å². The first-order valence-electron chi connectivity index (χ1n) is 7.83. The van der Waals surface area contributed by atoms with Gasteiger partial charge in [-0.1, -0.05) is 30.7 Å². The molecule has 128 valence electrons. The molecular weight excluding hydrogens is 451 g/mol. The van der Waals surface area contributed by atoms with Gasteiger partial charge in [-0.3, -0.25) is 9.59 Å². The van der Waals surface area contributed by atoms with Gasteiger partial charge in [0.05, 0.1) is 5.69 Å². The number of carbonyl (C=O) groups is 2. The van der Waals surface area contributed by atoms with Crippen molar-refractivity contribution in [3.63, 3.8) is 0 Å². The Morgan fingerprint density at radius 3 is 2.36 bits per heavy atom. The highest BCUT2D eigenvalue weighted by molar-refractivity contribution is 14.1. The summed E-state index contributed by atoms with van der Waals surface area (Å²) in [5, 5.41) is 2.89. The third kappa shape index (κ3) is 3.43. The summed E-state index contributed by atoms with van der Waals surface area (Å²) in [7, 11) is 0. The fourth-order valence-corrected chi connectivity index (χ4v) is 3.53. The van der Waals surface area contributed by atoms with Crippen LogP contribution in [0.1, 0.15) is 18.1 Å². The number of halogens is 2. The van der Waals surface area contributed by atoms with E-state index in [2.05, 4.69) is 34.8 Å². The minimum atomic E-state index is -0.511. The van der Waals surface area contributed by atoms with Crippen molar-refractivity contribution in [3.8, 4) is 0 Å². The molecule has 0 radical (unpaired) electrons. The molecule has 0 aliphatic carbocycles. The maximum absolute atomic E-state index is 12.8. The molecule has 0 unspecified atom stereocenters. The Labute approximate surface area is 165 Å². The molecule has 0 saturated heterocycles. The van der Waals surface area contributed by atoms with Gasteiger partial charge in [0.2, 0.25) is 0 Å². The zero-order valence-electron chi connectivity index (χ0n) is 13.8. The molecule has 0 aromatic heterocycles. The first kappa shape index (κ1) is 17.9. The van der Waals surface area contributed by atoms with Crippen molar-refractivity contribution in [3.05, 3.63) is 67.9 Å². The quantitative estimate of drug-likeness (QED) is 0.529. The topological polar surface area (TPSA) is 49.4 Å². The number of imide groups is 1. The molecular formula is C19H16ClIN2O2. The highest BCUT2D eigenvalue weighted by Gasteiger charge is 2.39. The lowest BCUT2D eigenvalue weighted by Crippen LogP contribution is -2.32. The van der Waals surface area contributed by atoms with Crippen LogP contribution in [0.3, 0.4) is 0 Å². The Bertz CT molecular complexity index is 891. The molecule has 4 nitrogen and oxygen atoms in total. The molecule has 2 aromatic carbocycles. The van der Waals surface area contributed by atoms with Crippen LogP contribution in [0.4, 0.5) is 11.4 Å². The van der Waals surface area contributed by atoms with Crippen LogP contribution in [0.15, 0.2) is 53.2 Å². The average molecular weight is 467 g/mol. The SMILES string of the molecule is CCc1ccc(NC2=C(Cl)C(=O)N(c3ccc(I)cc3C)C2=O)cc1. The van der Waals surface area contributed by atoms with Gasteiger partial charge in [-0.2, -0.15) is 0 Å². The van der Waals surface area contributed by atoms with Crippen molar-refractivity contribution in [2.75, 3.05) is 10.2 Å². The van der Waals surface area contributed by atoms with E-state index < -0.39 is 11.8 Å². The first-order valence-corrected chi connectivity index (χ1v) is 9.28. The van der Waals surface area contributed by atoms with Crippen molar-refractivity contribution in [2.45, 2.75) is 20.3 Å². The lowest BCUT2D eigenvalue weighted by atomic mass is 10.1. The third-order valence-electron chi connectivity index (χ3n) is 4.06. The monoisotopic (exact) mass is 466 g/mol. The lowest BCUT2D eigenvalue weighted by molar-refractivity contribution is -0.120.